The van der Waals surface area contributed by atoms with Crippen LogP contribution in [0.3, 0.4) is 0 Å². The number of carbonyl (C=O) groups excluding carboxylic acids is 1. The molecule has 0 amide bonds. The summed E-state index contributed by atoms with van der Waals surface area (Å²) < 4.78 is 47.2. The molecule has 2 N–H and O–H groups in total. The van der Waals surface area contributed by atoms with Gasteiger partial charge in [0.2, 0.25) is 0 Å². The highest BCUT2D eigenvalue weighted by Gasteiger charge is 2.34. The average Bonchev–Trinajstić information content (AvgIpc) is 2.89. The van der Waals surface area contributed by atoms with E-state index in [9.17, 15) is 18.0 Å². The third kappa shape index (κ3) is 6.73. The molecule has 0 radical (unpaired) electrons. The van der Waals surface area contributed by atoms with Crippen molar-refractivity contribution in [3.63, 3.8) is 0 Å². The number of benzene rings is 2. The van der Waals surface area contributed by atoms with Gasteiger partial charge >= 0.3 is 6.18 Å². The van der Waals surface area contributed by atoms with Crippen LogP contribution in [0.4, 0.5) is 19.0 Å². The van der Waals surface area contributed by atoms with Crippen LogP contribution in [-0.2, 0) is 19.0 Å². The largest absolute Gasteiger partial charge is 0.495 e. The summed E-state index contributed by atoms with van der Waals surface area (Å²) in [4.78, 5) is 19.3. The zero-order valence-electron chi connectivity index (χ0n) is 21.4. The van der Waals surface area contributed by atoms with Crippen LogP contribution < -0.4 is 10.5 Å². The van der Waals surface area contributed by atoms with Crippen molar-refractivity contribution in [2.24, 2.45) is 5.92 Å². The van der Waals surface area contributed by atoms with E-state index >= 15 is 0 Å². The second-order valence-corrected chi connectivity index (χ2v) is 9.64. The third-order valence-corrected chi connectivity index (χ3v) is 6.88. The molecule has 38 heavy (non-hydrogen) atoms. The van der Waals surface area contributed by atoms with Gasteiger partial charge in [0.05, 0.1) is 23.8 Å². The molecule has 0 saturated carbocycles. The number of nitrogens with two attached hydrogens (primary N) is 1. The Morgan fingerprint density at radius 2 is 1.84 bits per heavy atom. The summed E-state index contributed by atoms with van der Waals surface area (Å²) >= 11 is 0. The Labute approximate surface area is 220 Å². The van der Waals surface area contributed by atoms with E-state index in [0.717, 1.165) is 32.0 Å². The van der Waals surface area contributed by atoms with E-state index in [4.69, 9.17) is 10.5 Å². The Balaban J connectivity index is 1.55. The number of piperidine rings is 1. The second kappa shape index (κ2) is 11.7. The summed E-state index contributed by atoms with van der Waals surface area (Å²) in [7, 11) is 3.52. The molecule has 0 bridgehead atoms. The quantitative estimate of drug-likeness (QED) is 0.348. The van der Waals surface area contributed by atoms with Gasteiger partial charge in [-0.25, -0.2) is 4.98 Å². The number of pyridine rings is 1. The van der Waals surface area contributed by atoms with Crippen LogP contribution in [0.1, 0.15) is 51.0 Å². The number of likely N-dealkylation sites (tertiary alicyclic amines) is 1. The predicted molar refractivity (Wildman–Crippen MR) is 141 cm³/mol. The van der Waals surface area contributed by atoms with E-state index in [1.165, 1.54) is 13.2 Å². The van der Waals surface area contributed by atoms with E-state index in [0.29, 0.717) is 40.0 Å². The molecule has 0 atom stereocenters. The van der Waals surface area contributed by atoms with Gasteiger partial charge in [-0.2, -0.15) is 13.2 Å². The number of halogens is 3. The monoisotopic (exact) mass is 521 g/mol. The number of hydrogen-bond donors (Lipinski definition) is 1. The number of anilines is 1. The Kier molecular flexibility index (Phi) is 8.38. The zero-order chi connectivity index (χ0) is 27.3. The Bertz CT molecular complexity index is 1370. The van der Waals surface area contributed by atoms with E-state index in [2.05, 4.69) is 21.7 Å². The van der Waals surface area contributed by atoms with Gasteiger partial charge < -0.3 is 15.4 Å². The summed E-state index contributed by atoms with van der Waals surface area (Å²) in [5, 5.41) is 0. The molecule has 1 aliphatic rings. The highest BCUT2D eigenvalue weighted by atomic mass is 19.4. The maximum absolute atomic E-state index is 14.0. The van der Waals surface area contributed by atoms with E-state index in [-0.39, 0.29) is 23.9 Å². The SMILES string of the molecule is COc1ccc(C(=O)Cc2ccc(CC3CCN(C)CC3)c(C(F)(F)F)c2)cc1C#Cc1cccnc1N. The molecule has 3 aromatic rings. The number of methoxy groups -OCH3 is 1. The van der Waals surface area contributed by atoms with Crippen molar-refractivity contribution >= 4 is 11.6 Å². The molecule has 4 rings (SSSR count). The van der Waals surface area contributed by atoms with Gasteiger partial charge in [0.15, 0.2) is 5.78 Å². The maximum atomic E-state index is 14.0. The number of hydrogen-bond acceptors (Lipinski definition) is 5. The van der Waals surface area contributed by atoms with Crippen molar-refractivity contribution in [2.45, 2.75) is 31.9 Å². The van der Waals surface area contributed by atoms with Crippen molar-refractivity contribution in [2.75, 3.05) is 33.0 Å². The Morgan fingerprint density at radius 1 is 1.11 bits per heavy atom. The third-order valence-electron chi connectivity index (χ3n) is 6.88. The first kappa shape index (κ1) is 27.2. The fourth-order valence-corrected chi connectivity index (χ4v) is 4.68. The van der Waals surface area contributed by atoms with Gasteiger partial charge in [-0.15, -0.1) is 0 Å². The highest BCUT2D eigenvalue weighted by molar-refractivity contribution is 5.98. The van der Waals surface area contributed by atoms with E-state index in [1.54, 1.807) is 42.6 Å². The number of nitrogen functional groups attached to an aromatic ring is 1. The number of ketones is 1. The summed E-state index contributed by atoms with van der Waals surface area (Å²) in [6.45, 7) is 1.78. The Morgan fingerprint density at radius 3 is 2.53 bits per heavy atom. The fourth-order valence-electron chi connectivity index (χ4n) is 4.68. The van der Waals surface area contributed by atoms with Crippen LogP contribution in [0.2, 0.25) is 0 Å². The van der Waals surface area contributed by atoms with Crippen LogP contribution in [0.25, 0.3) is 0 Å². The number of aromatic nitrogens is 1. The molecule has 8 heteroatoms. The summed E-state index contributed by atoms with van der Waals surface area (Å²) in [5.74, 6) is 6.55. The molecule has 1 fully saturated rings. The van der Waals surface area contributed by atoms with Crippen molar-refractivity contribution in [1.82, 2.24) is 9.88 Å². The van der Waals surface area contributed by atoms with Crippen LogP contribution in [0, 0.1) is 17.8 Å². The molecule has 1 aliphatic heterocycles. The first-order chi connectivity index (χ1) is 18.1. The molecule has 1 aromatic heterocycles. The molecule has 2 aromatic carbocycles. The fraction of sp³-hybridized carbons (Fsp3) is 0.333. The van der Waals surface area contributed by atoms with Crippen LogP contribution >= 0.6 is 0 Å². The first-order valence-corrected chi connectivity index (χ1v) is 12.5. The minimum absolute atomic E-state index is 0.160. The molecule has 5 nitrogen and oxygen atoms in total. The summed E-state index contributed by atoms with van der Waals surface area (Å²) in [6, 6.07) is 12.5. The van der Waals surface area contributed by atoms with E-state index < -0.39 is 11.7 Å². The molecule has 2 heterocycles. The maximum Gasteiger partial charge on any atom is 0.416 e. The number of Topliss-reactive ketones (excluding diaryl/α,β-unsaturated/α-hetero) is 1. The number of ether oxygens (including phenoxy) is 1. The standard InChI is InChI=1S/C30H30F3N3O2/c1-36-14-11-20(12-15-36)16-23-6-5-21(17-26(23)30(31,32)33)18-27(37)24-9-10-28(38-2)25(19-24)8-7-22-4-3-13-35-29(22)34/h3-6,9-10,13,17,19-20H,11-12,14-16,18H2,1-2H3,(H2,34,35). The lowest BCUT2D eigenvalue weighted by Gasteiger charge is -2.29. The van der Waals surface area contributed by atoms with Crippen molar-refractivity contribution in [1.29, 1.82) is 0 Å². The minimum atomic E-state index is -4.49. The topological polar surface area (TPSA) is 68.5 Å². The minimum Gasteiger partial charge on any atom is -0.495 e. The van der Waals surface area contributed by atoms with Gasteiger partial charge in [-0.3, -0.25) is 4.79 Å². The smallest absolute Gasteiger partial charge is 0.416 e. The number of rotatable bonds is 6. The zero-order valence-corrected chi connectivity index (χ0v) is 21.4. The number of carbonyl (C=O) groups is 1. The molecule has 1 saturated heterocycles. The van der Waals surface area contributed by atoms with E-state index in [1.807, 2.05) is 7.05 Å². The lowest BCUT2D eigenvalue weighted by Crippen LogP contribution is -2.31. The van der Waals surface area contributed by atoms with Gasteiger partial charge in [-0.05, 0) is 92.8 Å². The van der Waals surface area contributed by atoms with Crippen molar-refractivity contribution in [3.05, 3.63) is 88.1 Å². The summed E-state index contributed by atoms with van der Waals surface area (Å²) in [5.41, 5.74) is 7.14. The van der Waals surface area contributed by atoms with Crippen LogP contribution in [0.15, 0.2) is 54.7 Å². The first-order valence-electron chi connectivity index (χ1n) is 12.5. The van der Waals surface area contributed by atoms with Gasteiger partial charge in [0.1, 0.15) is 11.6 Å². The normalized spacial score (nSPS) is 14.6. The molecule has 0 aliphatic carbocycles. The Hall–Kier alpha value is -3.83. The van der Waals surface area contributed by atoms with Gasteiger partial charge in [0.25, 0.3) is 0 Å². The molecule has 198 valence electrons. The second-order valence-electron chi connectivity index (χ2n) is 9.64. The predicted octanol–water partition coefficient (Wildman–Crippen LogP) is 5.40. The molecular weight excluding hydrogens is 491 g/mol. The van der Waals surface area contributed by atoms with Gasteiger partial charge in [-0.1, -0.05) is 24.0 Å². The summed E-state index contributed by atoms with van der Waals surface area (Å²) in [6.07, 6.45) is -0.942. The van der Waals surface area contributed by atoms with Crippen LogP contribution in [0.5, 0.6) is 5.75 Å². The molecule has 0 unspecified atom stereocenters. The molecular formula is C30H30F3N3O2. The average molecular weight is 522 g/mol. The molecule has 0 spiro atoms. The lowest BCUT2D eigenvalue weighted by molar-refractivity contribution is -0.138. The number of nitrogens with zero attached hydrogens (tertiary/aromatic N) is 2. The van der Waals surface area contributed by atoms with Crippen LogP contribution in [-0.4, -0.2) is 42.9 Å². The number of alkyl halides is 3. The van der Waals surface area contributed by atoms with Crippen molar-refractivity contribution < 1.29 is 22.7 Å². The highest BCUT2D eigenvalue weighted by Crippen LogP contribution is 2.35. The van der Waals surface area contributed by atoms with Gasteiger partial charge in [0, 0.05) is 18.2 Å². The lowest BCUT2D eigenvalue weighted by atomic mass is 9.87. The van der Waals surface area contributed by atoms with Crippen molar-refractivity contribution in [3.8, 4) is 17.6 Å².